The zero-order valence-electron chi connectivity index (χ0n) is 15.4. The van der Waals surface area contributed by atoms with Gasteiger partial charge in [-0.15, -0.1) is 11.3 Å². The lowest BCUT2D eigenvalue weighted by atomic mass is 10.1. The highest BCUT2D eigenvalue weighted by Gasteiger charge is 2.14. The number of pyridine rings is 1. The first-order chi connectivity index (χ1) is 14.1. The summed E-state index contributed by atoms with van der Waals surface area (Å²) in [6, 6.07) is 13.9. The fraction of sp³-hybridized carbons (Fsp3) is 0.0476. The third-order valence-electron chi connectivity index (χ3n) is 4.14. The Kier molecular flexibility index (Phi) is 5.17. The second kappa shape index (κ2) is 8.07. The van der Waals surface area contributed by atoms with Gasteiger partial charge < -0.3 is 9.73 Å². The predicted molar refractivity (Wildman–Crippen MR) is 111 cm³/mol. The lowest BCUT2D eigenvalue weighted by Gasteiger charge is -2.09. The molecule has 2 N–H and O–H groups in total. The van der Waals surface area contributed by atoms with E-state index in [4.69, 9.17) is 4.42 Å². The molecule has 7 nitrogen and oxygen atoms in total. The minimum atomic E-state index is -0.379. The Morgan fingerprint density at radius 1 is 1.00 bits per heavy atom. The van der Waals surface area contributed by atoms with Gasteiger partial charge in [0.05, 0.1) is 12.0 Å². The largest absolute Gasteiger partial charge is 0.459 e. The molecule has 0 fully saturated rings. The van der Waals surface area contributed by atoms with Gasteiger partial charge in [0.2, 0.25) is 0 Å². The van der Waals surface area contributed by atoms with E-state index < -0.39 is 0 Å². The summed E-state index contributed by atoms with van der Waals surface area (Å²) in [5, 5.41) is 7.85. The molecule has 0 bridgehead atoms. The number of benzene rings is 1. The number of amides is 2. The average Bonchev–Trinajstić information content (AvgIpc) is 3.42. The van der Waals surface area contributed by atoms with Crippen LogP contribution in [0.15, 0.2) is 70.8 Å². The van der Waals surface area contributed by atoms with Gasteiger partial charge in [0.15, 0.2) is 10.9 Å². The van der Waals surface area contributed by atoms with Crippen molar-refractivity contribution in [2.75, 3.05) is 10.6 Å². The molecule has 0 spiro atoms. The van der Waals surface area contributed by atoms with Crippen LogP contribution in [0.1, 0.15) is 26.5 Å². The summed E-state index contributed by atoms with van der Waals surface area (Å²) in [4.78, 5) is 33.5. The molecule has 8 heteroatoms. The van der Waals surface area contributed by atoms with Crippen molar-refractivity contribution in [1.82, 2.24) is 9.97 Å². The van der Waals surface area contributed by atoms with E-state index in [1.165, 1.54) is 17.6 Å². The van der Waals surface area contributed by atoms with Crippen LogP contribution in [0, 0.1) is 6.92 Å². The number of nitrogens with one attached hydrogen (secondary N) is 2. The molecule has 2 amide bonds. The maximum Gasteiger partial charge on any atom is 0.291 e. The van der Waals surface area contributed by atoms with Crippen molar-refractivity contribution in [1.29, 1.82) is 0 Å². The van der Waals surface area contributed by atoms with Crippen LogP contribution in [-0.4, -0.2) is 21.8 Å². The molecule has 0 aliphatic rings. The topological polar surface area (TPSA) is 97.1 Å². The molecule has 1 aromatic carbocycles. The van der Waals surface area contributed by atoms with Gasteiger partial charge in [0.25, 0.3) is 11.8 Å². The Morgan fingerprint density at radius 2 is 1.90 bits per heavy atom. The van der Waals surface area contributed by atoms with E-state index in [2.05, 4.69) is 20.6 Å². The number of hydrogen-bond donors (Lipinski definition) is 2. The second-order valence-electron chi connectivity index (χ2n) is 6.17. The number of thiazole rings is 1. The van der Waals surface area contributed by atoms with Gasteiger partial charge in [0.1, 0.15) is 5.69 Å². The molecule has 4 aromatic rings. The molecule has 29 heavy (non-hydrogen) atoms. The number of aryl methyl sites for hydroxylation is 1. The Labute approximate surface area is 170 Å². The summed E-state index contributed by atoms with van der Waals surface area (Å²) in [5.41, 5.74) is 3.20. The van der Waals surface area contributed by atoms with Gasteiger partial charge >= 0.3 is 0 Å². The van der Waals surface area contributed by atoms with E-state index in [0.29, 0.717) is 22.1 Å². The summed E-state index contributed by atoms with van der Waals surface area (Å²) in [7, 11) is 0. The maximum absolute atomic E-state index is 12.6. The van der Waals surface area contributed by atoms with Gasteiger partial charge in [-0.25, -0.2) is 4.98 Å². The number of anilines is 2. The lowest BCUT2D eigenvalue weighted by molar-refractivity contribution is 0.0993. The first-order valence-electron chi connectivity index (χ1n) is 8.74. The highest BCUT2D eigenvalue weighted by atomic mass is 32.1. The number of carbonyl (C=O) groups excluding carboxylic acids is 2. The highest BCUT2D eigenvalue weighted by Crippen LogP contribution is 2.24. The molecule has 0 aliphatic heterocycles. The van der Waals surface area contributed by atoms with Crippen LogP contribution in [0.25, 0.3) is 11.4 Å². The smallest absolute Gasteiger partial charge is 0.291 e. The van der Waals surface area contributed by atoms with Crippen LogP contribution >= 0.6 is 11.3 Å². The molecule has 144 valence electrons. The SMILES string of the molecule is Cc1ccc(C(=O)Nc2nc(-c3ccccn3)cs2)cc1NC(=O)c1ccco1. The van der Waals surface area contributed by atoms with E-state index in [0.717, 1.165) is 11.3 Å². The van der Waals surface area contributed by atoms with Crippen LogP contribution in [0.4, 0.5) is 10.8 Å². The Balaban J connectivity index is 1.49. The van der Waals surface area contributed by atoms with Gasteiger partial charge in [0, 0.05) is 22.8 Å². The van der Waals surface area contributed by atoms with E-state index >= 15 is 0 Å². The lowest BCUT2D eigenvalue weighted by Crippen LogP contribution is -2.15. The Hall–Kier alpha value is -3.78. The first kappa shape index (κ1) is 18.6. The Bertz CT molecular complexity index is 1150. The fourth-order valence-electron chi connectivity index (χ4n) is 2.62. The third-order valence-corrected chi connectivity index (χ3v) is 4.90. The molecule has 0 atom stereocenters. The monoisotopic (exact) mass is 404 g/mol. The van der Waals surface area contributed by atoms with E-state index in [-0.39, 0.29) is 17.6 Å². The van der Waals surface area contributed by atoms with E-state index in [1.807, 2.05) is 30.5 Å². The predicted octanol–water partition coefficient (Wildman–Crippen LogP) is 4.61. The van der Waals surface area contributed by atoms with Crippen LogP contribution in [0.3, 0.4) is 0 Å². The van der Waals surface area contributed by atoms with Gasteiger partial charge in [-0.2, -0.15) is 0 Å². The summed E-state index contributed by atoms with van der Waals surface area (Å²) in [6.07, 6.45) is 3.12. The number of hydrogen-bond acceptors (Lipinski definition) is 6. The summed E-state index contributed by atoms with van der Waals surface area (Å²) < 4.78 is 5.10. The maximum atomic E-state index is 12.6. The molecule has 0 unspecified atom stereocenters. The van der Waals surface area contributed by atoms with E-state index in [1.54, 1.807) is 36.5 Å². The zero-order chi connectivity index (χ0) is 20.2. The van der Waals surface area contributed by atoms with Crippen molar-refractivity contribution < 1.29 is 14.0 Å². The van der Waals surface area contributed by atoms with Gasteiger partial charge in [-0.05, 0) is 48.9 Å². The first-order valence-corrected chi connectivity index (χ1v) is 9.62. The molecular formula is C21H16N4O3S. The van der Waals surface area contributed by atoms with Crippen molar-refractivity contribution in [3.05, 3.63) is 83.3 Å². The quantitative estimate of drug-likeness (QED) is 0.506. The third kappa shape index (κ3) is 4.22. The second-order valence-corrected chi connectivity index (χ2v) is 7.03. The molecule has 0 saturated heterocycles. The highest BCUT2D eigenvalue weighted by molar-refractivity contribution is 7.14. The fourth-order valence-corrected chi connectivity index (χ4v) is 3.32. The van der Waals surface area contributed by atoms with Crippen LogP contribution in [0.5, 0.6) is 0 Å². The van der Waals surface area contributed by atoms with Crippen molar-refractivity contribution in [3.8, 4) is 11.4 Å². The minimum absolute atomic E-state index is 0.198. The minimum Gasteiger partial charge on any atom is -0.459 e. The van der Waals surface area contributed by atoms with Crippen molar-refractivity contribution >= 4 is 34.0 Å². The molecule has 3 aromatic heterocycles. The normalized spacial score (nSPS) is 10.5. The van der Waals surface area contributed by atoms with Gasteiger partial charge in [-0.1, -0.05) is 12.1 Å². The molecule has 0 saturated carbocycles. The molecule has 3 heterocycles. The van der Waals surface area contributed by atoms with Crippen molar-refractivity contribution in [2.24, 2.45) is 0 Å². The van der Waals surface area contributed by atoms with Crippen LogP contribution in [-0.2, 0) is 0 Å². The summed E-state index contributed by atoms with van der Waals surface area (Å²) in [6.45, 7) is 1.85. The molecule has 4 rings (SSSR count). The molecule has 0 radical (unpaired) electrons. The van der Waals surface area contributed by atoms with Crippen molar-refractivity contribution in [2.45, 2.75) is 6.92 Å². The summed E-state index contributed by atoms with van der Waals surface area (Å²) >= 11 is 1.32. The van der Waals surface area contributed by atoms with E-state index in [9.17, 15) is 9.59 Å². The number of carbonyl (C=O) groups is 2. The number of aromatic nitrogens is 2. The average molecular weight is 404 g/mol. The van der Waals surface area contributed by atoms with Gasteiger partial charge in [-0.3, -0.25) is 19.9 Å². The number of nitrogens with zero attached hydrogens (tertiary/aromatic N) is 2. The number of rotatable bonds is 5. The van der Waals surface area contributed by atoms with Crippen LogP contribution in [0.2, 0.25) is 0 Å². The number of furan rings is 1. The van der Waals surface area contributed by atoms with Crippen LogP contribution < -0.4 is 10.6 Å². The molecule has 0 aliphatic carbocycles. The Morgan fingerprint density at radius 3 is 2.66 bits per heavy atom. The standard InChI is InChI=1S/C21H16N4O3S/c1-13-7-8-14(11-16(13)23-20(27)18-6-4-10-28-18)19(26)25-21-24-17(12-29-21)15-5-2-3-9-22-15/h2-12H,1H3,(H,23,27)(H,24,25,26). The van der Waals surface area contributed by atoms with Crippen molar-refractivity contribution in [3.63, 3.8) is 0 Å². The molecular weight excluding hydrogens is 388 g/mol. The summed E-state index contributed by atoms with van der Waals surface area (Å²) in [5.74, 6) is -0.500. The zero-order valence-corrected chi connectivity index (χ0v) is 16.2.